The summed E-state index contributed by atoms with van der Waals surface area (Å²) in [4.78, 5) is 8.54. The molecule has 2 rings (SSSR count). The quantitative estimate of drug-likeness (QED) is 0.333. The van der Waals surface area contributed by atoms with Crippen LogP contribution >= 0.6 is 0 Å². The Morgan fingerprint density at radius 2 is 1.86 bits per heavy atom. The number of pyridine rings is 1. The van der Waals surface area contributed by atoms with Gasteiger partial charge in [0, 0.05) is 45.6 Å². The van der Waals surface area contributed by atoms with Crippen molar-refractivity contribution in [2.24, 2.45) is 4.99 Å². The van der Waals surface area contributed by atoms with Crippen LogP contribution in [0.15, 0.2) is 53.7 Å². The van der Waals surface area contributed by atoms with Gasteiger partial charge in [-0.3, -0.25) is 4.99 Å². The van der Waals surface area contributed by atoms with Crippen molar-refractivity contribution in [1.29, 1.82) is 0 Å². The number of nitrogens with one attached hydrogen (secondary N) is 2. The zero-order valence-electron chi connectivity index (χ0n) is 17.0. The molecule has 1 heterocycles. The number of nitrogens with zero attached hydrogens (tertiary/aromatic N) is 2. The monoisotopic (exact) mass is 384 g/mol. The summed E-state index contributed by atoms with van der Waals surface area (Å²) in [5, 5.41) is 6.62. The molecule has 0 aliphatic carbocycles. The Balaban J connectivity index is 1.69. The fourth-order valence-electron chi connectivity index (χ4n) is 2.51. The molecule has 0 amide bonds. The Kier molecular flexibility index (Phi) is 10.5. The first kappa shape index (κ1) is 21.7. The third kappa shape index (κ3) is 8.86. The molecule has 28 heavy (non-hydrogen) atoms. The van der Waals surface area contributed by atoms with E-state index < -0.39 is 0 Å². The standard InChI is InChI=1S/C22H32N4O2/c1-3-4-14-27-15-8-12-25-22(23-2)26-17-20-11-13-24-21(16-20)28-18-19-9-6-5-7-10-19/h5-7,9-11,13,16H,3-4,8,12,14-15,17-18H2,1-2H3,(H2,23,25,26). The average Bonchev–Trinajstić information content (AvgIpc) is 2.75. The van der Waals surface area contributed by atoms with Crippen molar-refractivity contribution in [2.45, 2.75) is 39.3 Å². The highest BCUT2D eigenvalue weighted by atomic mass is 16.5. The summed E-state index contributed by atoms with van der Waals surface area (Å²) in [7, 11) is 1.77. The van der Waals surface area contributed by atoms with E-state index in [0.717, 1.165) is 49.7 Å². The molecule has 0 atom stereocenters. The zero-order valence-corrected chi connectivity index (χ0v) is 17.0. The number of rotatable bonds is 12. The zero-order chi connectivity index (χ0) is 19.9. The van der Waals surface area contributed by atoms with Crippen molar-refractivity contribution in [3.8, 4) is 5.88 Å². The van der Waals surface area contributed by atoms with Crippen molar-refractivity contribution in [3.63, 3.8) is 0 Å². The van der Waals surface area contributed by atoms with Gasteiger partial charge in [0.1, 0.15) is 6.61 Å². The van der Waals surface area contributed by atoms with Gasteiger partial charge in [0.25, 0.3) is 0 Å². The SMILES string of the molecule is CCCCOCCCNC(=NC)NCc1ccnc(OCc2ccccc2)c1. The smallest absolute Gasteiger partial charge is 0.213 e. The van der Waals surface area contributed by atoms with E-state index in [0.29, 0.717) is 19.0 Å². The summed E-state index contributed by atoms with van der Waals surface area (Å²) in [6, 6.07) is 14.0. The highest BCUT2D eigenvalue weighted by molar-refractivity contribution is 5.79. The first-order valence-corrected chi connectivity index (χ1v) is 9.95. The summed E-state index contributed by atoms with van der Waals surface area (Å²) < 4.78 is 11.4. The van der Waals surface area contributed by atoms with E-state index >= 15 is 0 Å². The summed E-state index contributed by atoms with van der Waals surface area (Å²) >= 11 is 0. The Morgan fingerprint density at radius 1 is 1.04 bits per heavy atom. The lowest BCUT2D eigenvalue weighted by atomic mass is 10.2. The first-order valence-electron chi connectivity index (χ1n) is 9.95. The van der Waals surface area contributed by atoms with Crippen LogP contribution < -0.4 is 15.4 Å². The number of aliphatic imine (C=N–C) groups is 1. The number of unbranched alkanes of at least 4 members (excludes halogenated alkanes) is 1. The molecule has 2 aromatic rings. The molecule has 0 bridgehead atoms. The molecular formula is C22H32N4O2. The maximum absolute atomic E-state index is 5.79. The average molecular weight is 385 g/mol. The number of hydrogen-bond acceptors (Lipinski definition) is 4. The van der Waals surface area contributed by atoms with Gasteiger partial charge in [-0.2, -0.15) is 0 Å². The summed E-state index contributed by atoms with van der Waals surface area (Å²) in [5.41, 5.74) is 2.21. The minimum atomic E-state index is 0.508. The molecule has 0 aliphatic rings. The van der Waals surface area contributed by atoms with Crippen LogP contribution in [-0.4, -0.2) is 37.7 Å². The number of guanidine groups is 1. The summed E-state index contributed by atoms with van der Waals surface area (Å²) in [6.45, 7) is 5.77. The number of aromatic nitrogens is 1. The van der Waals surface area contributed by atoms with E-state index in [1.807, 2.05) is 42.5 Å². The molecule has 6 nitrogen and oxygen atoms in total. The molecule has 0 saturated heterocycles. The minimum absolute atomic E-state index is 0.508. The second-order valence-corrected chi connectivity index (χ2v) is 6.45. The fourth-order valence-corrected chi connectivity index (χ4v) is 2.51. The van der Waals surface area contributed by atoms with Gasteiger partial charge in [-0.05, 0) is 30.0 Å². The van der Waals surface area contributed by atoms with Gasteiger partial charge in [0.05, 0.1) is 0 Å². The lowest BCUT2D eigenvalue weighted by Crippen LogP contribution is -2.37. The van der Waals surface area contributed by atoms with E-state index in [2.05, 4.69) is 27.5 Å². The van der Waals surface area contributed by atoms with E-state index in [4.69, 9.17) is 9.47 Å². The minimum Gasteiger partial charge on any atom is -0.473 e. The van der Waals surface area contributed by atoms with Crippen molar-refractivity contribution >= 4 is 5.96 Å². The number of benzene rings is 1. The Labute approximate surface area is 168 Å². The van der Waals surface area contributed by atoms with Crippen molar-refractivity contribution in [3.05, 3.63) is 59.8 Å². The predicted octanol–water partition coefficient (Wildman–Crippen LogP) is 3.53. The van der Waals surface area contributed by atoms with Crippen LogP contribution in [0.4, 0.5) is 0 Å². The lowest BCUT2D eigenvalue weighted by molar-refractivity contribution is 0.129. The maximum atomic E-state index is 5.79. The normalized spacial score (nSPS) is 11.3. The van der Waals surface area contributed by atoms with Crippen molar-refractivity contribution in [2.75, 3.05) is 26.8 Å². The fraction of sp³-hybridized carbons (Fsp3) is 0.455. The van der Waals surface area contributed by atoms with Gasteiger partial charge in [-0.25, -0.2) is 4.98 Å². The van der Waals surface area contributed by atoms with Crippen LogP contribution in [-0.2, 0) is 17.9 Å². The second kappa shape index (κ2) is 13.6. The van der Waals surface area contributed by atoms with E-state index in [1.54, 1.807) is 13.2 Å². The molecule has 2 N–H and O–H groups in total. The molecule has 1 aromatic carbocycles. The topological polar surface area (TPSA) is 67.8 Å². The van der Waals surface area contributed by atoms with Crippen molar-refractivity contribution in [1.82, 2.24) is 15.6 Å². The highest BCUT2D eigenvalue weighted by Gasteiger charge is 2.02. The first-order chi connectivity index (χ1) is 13.8. The Hall–Kier alpha value is -2.60. The molecular weight excluding hydrogens is 352 g/mol. The van der Waals surface area contributed by atoms with Crippen molar-refractivity contribution < 1.29 is 9.47 Å². The molecule has 0 radical (unpaired) electrons. The summed E-state index contributed by atoms with van der Waals surface area (Å²) in [5.74, 6) is 1.40. The van der Waals surface area contributed by atoms with E-state index in [1.165, 1.54) is 6.42 Å². The largest absolute Gasteiger partial charge is 0.473 e. The third-order valence-electron chi connectivity index (χ3n) is 4.11. The molecule has 152 valence electrons. The molecule has 0 unspecified atom stereocenters. The molecule has 6 heteroatoms. The van der Waals surface area contributed by atoms with Gasteiger partial charge in [0.15, 0.2) is 5.96 Å². The molecule has 0 aliphatic heterocycles. The number of ether oxygens (including phenoxy) is 2. The van der Waals surface area contributed by atoms with Crippen LogP contribution in [0.2, 0.25) is 0 Å². The van der Waals surface area contributed by atoms with Crippen LogP contribution in [0.5, 0.6) is 5.88 Å². The van der Waals surface area contributed by atoms with E-state index in [9.17, 15) is 0 Å². The molecule has 1 aromatic heterocycles. The van der Waals surface area contributed by atoms with Gasteiger partial charge < -0.3 is 20.1 Å². The Bertz CT molecular complexity index is 692. The van der Waals surface area contributed by atoms with Gasteiger partial charge in [0.2, 0.25) is 5.88 Å². The summed E-state index contributed by atoms with van der Waals surface area (Å²) in [6.07, 6.45) is 5.01. The predicted molar refractivity (Wildman–Crippen MR) is 114 cm³/mol. The Morgan fingerprint density at radius 3 is 2.64 bits per heavy atom. The van der Waals surface area contributed by atoms with Crippen LogP contribution in [0.3, 0.4) is 0 Å². The third-order valence-corrected chi connectivity index (χ3v) is 4.11. The van der Waals surface area contributed by atoms with E-state index in [-0.39, 0.29) is 0 Å². The van der Waals surface area contributed by atoms with Gasteiger partial charge >= 0.3 is 0 Å². The second-order valence-electron chi connectivity index (χ2n) is 6.45. The highest BCUT2D eigenvalue weighted by Crippen LogP contribution is 2.11. The molecule has 0 spiro atoms. The number of hydrogen-bond donors (Lipinski definition) is 2. The molecule has 0 fully saturated rings. The lowest BCUT2D eigenvalue weighted by Gasteiger charge is -2.12. The maximum Gasteiger partial charge on any atom is 0.213 e. The van der Waals surface area contributed by atoms with Gasteiger partial charge in [-0.1, -0.05) is 43.7 Å². The van der Waals surface area contributed by atoms with Crippen LogP contribution in [0.25, 0.3) is 0 Å². The van der Waals surface area contributed by atoms with Crippen LogP contribution in [0.1, 0.15) is 37.3 Å². The van der Waals surface area contributed by atoms with Crippen LogP contribution in [0, 0.1) is 0 Å². The molecule has 0 saturated carbocycles. The van der Waals surface area contributed by atoms with Gasteiger partial charge in [-0.15, -0.1) is 0 Å².